The van der Waals surface area contributed by atoms with Crippen LogP contribution in [0.4, 0.5) is 4.39 Å². The summed E-state index contributed by atoms with van der Waals surface area (Å²) in [7, 11) is 0. The van der Waals surface area contributed by atoms with Crippen LogP contribution in [0.25, 0.3) is 10.6 Å². The van der Waals surface area contributed by atoms with Crippen LogP contribution in [0.1, 0.15) is 28.2 Å². The number of hydrogen-bond donors (Lipinski definition) is 1. The van der Waals surface area contributed by atoms with Crippen molar-refractivity contribution in [2.45, 2.75) is 19.8 Å². The van der Waals surface area contributed by atoms with Gasteiger partial charge in [-0.05, 0) is 45.0 Å². The van der Waals surface area contributed by atoms with Gasteiger partial charge in [0.25, 0.3) is 5.91 Å². The van der Waals surface area contributed by atoms with E-state index in [1.165, 1.54) is 36.3 Å². The van der Waals surface area contributed by atoms with Crippen molar-refractivity contribution in [1.29, 1.82) is 0 Å². The predicted molar refractivity (Wildman–Crippen MR) is 95.3 cm³/mol. The highest BCUT2D eigenvalue weighted by Gasteiger charge is 2.17. The summed E-state index contributed by atoms with van der Waals surface area (Å²) in [5.41, 5.74) is 1.28. The van der Waals surface area contributed by atoms with Gasteiger partial charge < -0.3 is 10.2 Å². The molecule has 1 N–H and O–H groups in total. The van der Waals surface area contributed by atoms with Crippen LogP contribution in [-0.4, -0.2) is 42.0 Å². The molecule has 0 bridgehead atoms. The van der Waals surface area contributed by atoms with Gasteiger partial charge in [0.15, 0.2) is 0 Å². The standard InChI is InChI=1S/C17H19ClFN3OS/c1-11-15(16(23)20-6-9-22-7-2-3-8-22)24-17(21-11)12-4-5-13(18)14(19)10-12/h4-5,10H,2-3,6-9H2,1H3,(H,20,23). The van der Waals surface area contributed by atoms with E-state index >= 15 is 0 Å². The fraction of sp³-hybridized carbons (Fsp3) is 0.412. The number of likely N-dealkylation sites (tertiary alicyclic amines) is 1. The zero-order valence-corrected chi connectivity index (χ0v) is 15.0. The zero-order valence-electron chi connectivity index (χ0n) is 13.4. The van der Waals surface area contributed by atoms with Crippen LogP contribution in [-0.2, 0) is 0 Å². The Morgan fingerprint density at radius 1 is 1.42 bits per heavy atom. The molecule has 1 saturated heterocycles. The van der Waals surface area contributed by atoms with Crippen molar-refractivity contribution >= 4 is 28.8 Å². The molecule has 1 aliphatic rings. The highest BCUT2D eigenvalue weighted by atomic mass is 35.5. The normalized spacial score (nSPS) is 15.0. The maximum atomic E-state index is 13.6. The molecule has 1 aliphatic heterocycles. The average Bonchev–Trinajstić information content (AvgIpc) is 3.19. The smallest absolute Gasteiger partial charge is 0.263 e. The summed E-state index contributed by atoms with van der Waals surface area (Å²) < 4.78 is 13.6. The monoisotopic (exact) mass is 367 g/mol. The van der Waals surface area contributed by atoms with Crippen molar-refractivity contribution in [3.05, 3.63) is 39.6 Å². The van der Waals surface area contributed by atoms with Gasteiger partial charge in [0.2, 0.25) is 0 Å². The van der Waals surface area contributed by atoms with Crippen molar-refractivity contribution in [3.8, 4) is 10.6 Å². The molecule has 1 amide bonds. The SMILES string of the molecule is Cc1nc(-c2ccc(Cl)c(F)c2)sc1C(=O)NCCN1CCCC1. The molecule has 0 unspecified atom stereocenters. The minimum atomic E-state index is -0.487. The maximum absolute atomic E-state index is 13.6. The number of halogens is 2. The Kier molecular flexibility index (Phi) is 5.48. The molecule has 3 rings (SSSR count). The van der Waals surface area contributed by atoms with Gasteiger partial charge in [-0.25, -0.2) is 9.37 Å². The lowest BCUT2D eigenvalue weighted by atomic mass is 10.2. The fourth-order valence-electron chi connectivity index (χ4n) is 2.77. The van der Waals surface area contributed by atoms with E-state index in [2.05, 4.69) is 15.2 Å². The van der Waals surface area contributed by atoms with E-state index in [-0.39, 0.29) is 10.9 Å². The number of aryl methyl sites for hydroxylation is 1. The Labute approximate surface area is 149 Å². The number of nitrogens with one attached hydrogen (secondary N) is 1. The molecule has 0 aliphatic carbocycles. The first kappa shape index (κ1) is 17.3. The molecule has 2 heterocycles. The van der Waals surface area contributed by atoms with Crippen LogP contribution in [0.15, 0.2) is 18.2 Å². The second-order valence-corrected chi connectivity index (χ2v) is 7.27. The van der Waals surface area contributed by atoms with Gasteiger partial charge in [-0.3, -0.25) is 4.79 Å². The van der Waals surface area contributed by atoms with E-state index in [9.17, 15) is 9.18 Å². The van der Waals surface area contributed by atoms with E-state index in [1.807, 2.05) is 0 Å². The third kappa shape index (κ3) is 3.94. The van der Waals surface area contributed by atoms with E-state index in [0.29, 0.717) is 27.7 Å². The van der Waals surface area contributed by atoms with Crippen LogP contribution in [0.2, 0.25) is 5.02 Å². The van der Waals surface area contributed by atoms with Crippen LogP contribution in [0, 0.1) is 12.7 Å². The number of aromatic nitrogens is 1. The molecule has 1 fully saturated rings. The largest absolute Gasteiger partial charge is 0.350 e. The van der Waals surface area contributed by atoms with Crippen molar-refractivity contribution in [3.63, 3.8) is 0 Å². The lowest BCUT2D eigenvalue weighted by Crippen LogP contribution is -2.33. The fourth-order valence-corrected chi connectivity index (χ4v) is 3.87. The highest BCUT2D eigenvalue weighted by Crippen LogP contribution is 2.30. The molecule has 0 atom stereocenters. The number of carbonyl (C=O) groups excluding carboxylic acids is 1. The van der Waals surface area contributed by atoms with Gasteiger partial charge in [-0.15, -0.1) is 11.3 Å². The van der Waals surface area contributed by atoms with Crippen LogP contribution in [0.3, 0.4) is 0 Å². The van der Waals surface area contributed by atoms with Gasteiger partial charge >= 0.3 is 0 Å². The van der Waals surface area contributed by atoms with Gasteiger partial charge in [0, 0.05) is 18.7 Å². The minimum absolute atomic E-state index is 0.0758. The van der Waals surface area contributed by atoms with Gasteiger partial charge in [-0.1, -0.05) is 17.7 Å². The van der Waals surface area contributed by atoms with Gasteiger partial charge in [0.05, 0.1) is 10.7 Å². The van der Waals surface area contributed by atoms with E-state index in [0.717, 1.165) is 19.6 Å². The Morgan fingerprint density at radius 3 is 2.88 bits per heavy atom. The maximum Gasteiger partial charge on any atom is 0.263 e. The summed E-state index contributed by atoms with van der Waals surface area (Å²) in [5.74, 6) is -0.608. The molecule has 0 spiro atoms. The molecule has 0 saturated carbocycles. The summed E-state index contributed by atoms with van der Waals surface area (Å²) in [4.78, 5) is 19.7. The average molecular weight is 368 g/mol. The molecule has 24 heavy (non-hydrogen) atoms. The second kappa shape index (κ2) is 7.59. The van der Waals surface area contributed by atoms with Crippen molar-refractivity contribution in [2.24, 2.45) is 0 Å². The second-order valence-electron chi connectivity index (χ2n) is 5.87. The number of rotatable bonds is 5. The summed E-state index contributed by atoms with van der Waals surface area (Å²) in [6.07, 6.45) is 2.48. The van der Waals surface area contributed by atoms with Crippen LogP contribution in [0.5, 0.6) is 0 Å². The van der Waals surface area contributed by atoms with E-state index in [4.69, 9.17) is 11.6 Å². The molecule has 4 nitrogen and oxygen atoms in total. The van der Waals surface area contributed by atoms with Gasteiger partial charge in [0.1, 0.15) is 15.7 Å². The molecular weight excluding hydrogens is 349 g/mol. The number of nitrogens with zero attached hydrogens (tertiary/aromatic N) is 2. The van der Waals surface area contributed by atoms with Crippen LogP contribution < -0.4 is 5.32 Å². The Hall–Kier alpha value is -1.50. The molecule has 1 aromatic carbocycles. The third-order valence-corrected chi connectivity index (χ3v) is 5.59. The van der Waals surface area contributed by atoms with Crippen LogP contribution >= 0.6 is 22.9 Å². The van der Waals surface area contributed by atoms with E-state index < -0.39 is 5.82 Å². The summed E-state index contributed by atoms with van der Waals surface area (Å²) in [6.45, 7) is 5.52. The summed E-state index contributed by atoms with van der Waals surface area (Å²) >= 11 is 6.98. The molecule has 1 aromatic heterocycles. The lowest BCUT2D eigenvalue weighted by molar-refractivity contribution is 0.0953. The lowest BCUT2D eigenvalue weighted by Gasteiger charge is -2.14. The van der Waals surface area contributed by atoms with Crippen molar-refractivity contribution in [2.75, 3.05) is 26.2 Å². The quantitative estimate of drug-likeness (QED) is 0.875. The van der Waals surface area contributed by atoms with Crippen molar-refractivity contribution in [1.82, 2.24) is 15.2 Å². The van der Waals surface area contributed by atoms with E-state index in [1.54, 1.807) is 13.0 Å². The first-order valence-electron chi connectivity index (χ1n) is 7.98. The summed E-state index contributed by atoms with van der Waals surface area (Å²) in [6, 6.07) is 4.55. The highest BCUT2D eigenvalue weighted by molar-refractivity contribution is 7.17. The Bertz CT molecular complexity index is 743. The number of benzene rings is 1. The number of carbonyl (C=O) groups is 1. The Balaban J connectivity index is 1.66. The zero-order chi connectivity index (χ0) is 17.1. The molecular formula is C17H19ClFN3OS. The Morgan fingerprint density at radius 2 is 2.17 bits per heavy atom. The molecule has 0 radical (unpaired) electrons. The first-order valence-corrected chi connectivity index (χ1v) is 9.17. The number of amides is 1. The predicted octanol–water partition coefficient (Wildman–Crippen LogP) is 3.74. The topological polar surface area (TPSA) is 45.2 Å². The molecule has 2 aromatic rings. The summed E-state index contributed by atoms with van der Waals surface area (Å²) in [5, 5.41) is 3.64. The number of hydrogen-bond acceptors (Lipinski definition) is 4. The first-order chi connectivity index (χ1) is 11.5. The molecule has 128 valence electrons. The van der Waals surface area contributed by atoms with Gasteiger partial charge in [-0.2, -0.15) is 0 Å². The third-order valence-electron chi connectivity index (χ3n) is 4.08. The minimum Gasteiger partial charge on any atom is -0.350 e. The number of thiazole rings is 1. The van der Waals surface area contributed by atoms with Crippen molar-refractivity contribution < 1.29 is 9.18 Å². The molecule has 7 heteroatoms.